The van der Waals surface area contributed by atoms with E-state index in [2.05, 4.69) is 5.32 Å². The van der Waals surface area contributed by atoms with Crippen molar-refractivity contribution in [3.05, 3.63) is 29.8 Å². The van der Waals surface area contributed by atoms with Crippen molar-refractivity contribution in [1.29, 1.82) is 0 Å². The highest BCUT2D eigenvalue weighted by Crippen LogP contribution is 2.29. The van der Waals surface area contributed by atoms with Crippen LogP contribution in [0, 0.1) is 6.92 Å². The van der Waals surface area contributed by atoms with Gasteiger partial charge in [0, 0.05) is 12.2 Å². The van der Waals surface area contributed by atoms with Crippen LogP contribution in [0.5, 0.6) is 0 Å². The number of piperidine rings is 1. The van der Waals surface area contributed by atoms with Crippen molar-refractivity contribution in [2.24, 2.45) is 0 Å². The fraction of sp³-hybridized carbons (Fsp3) is 0.467. The van der Waals surface area contributed by atoms with E-state index < -0.39 is 11.5 Å². The summed E-state index contributed by atoms with van der Waals surface area (Å²) in [6, 6.07) is 7.09. The summed E-state index contributed by atoms with van der Waals surface area (Å²) in [6.45, 7) is 4.06. The summed E-state index contributed by atoms with van der Waals surface area (Å²) in [5.41, 5.74) is 0.669. The Morgan fingerprint density at radius 3 is 2.50 bits per heavy atom. The molecule has 1 aromatic carbocycles. The van der Waals surface area contributed by atoms with Crippen LogP contribution in [0.4, 0.5) is 10.5 Å². The summed E-state index contributed by atoms with van der Waals surface area (Å²) < 4.78 is 0. The van der Waals surface area contributed by atoms with Gasteiger partial charge in [0.2, 0.25) is 0 Å². The third kappa shape index (κ3) is 2.76. The molecule has 1 aliphatic heterocycles. The molecule has 20 heavy (non-hydrogen) atoms. The Labute approximate surface area is 118 Å². The van der Waals surface area contributed by atoms with Crippen molar-refractivity contribution < 1.29 is 14.7 Å². The molecule has 0 radical (unpaired) electrons. The number of aliphatic carboxylic acids is 1. The zero-order chi connectivity index (χ0) is 14.8. The molecule has 1 saturated heterocycles. The number of nitrogens with zero attached hydrogens (tertiary/aromatic N) is 1. The molecular formula is C15H20N2O3. The summed E-state index contributed by atoms with van der Waals surface area (Å²) in [6.07, 6.45) is 2.16. The Kier molecular flexibility index (Phi) is 3.97. The van der Waals surface area contributed by atoms with Gasteiger partial charge < -0.3 is 15.3 Å². The standard InChI is InChI=1S/C15H20N2O3/c1-11-5-7-12(8-6-11)16-14(20)17-10-4-3-9-15(17,2)13(18)19/h5-8H,3-4,9-10H2,1-2H3,(H,16,20)(H,18,19). The largest absolute Gasteiger partial charge is 0.480 e. The molecule has 0 bridgehead atoms. The minimum atomic E-state index is -1.12. The van der Waals surface area contributed by atoms with Crippen LogP contribution in [-0.2, 0) is 4.79 Å². The predicted molar refractivity (Wildman–Crippen MR) is 76.8 cm³/mol. The Bertz CT molecular complexity index is 512. The SMILES string of the molecule is Cc1ccc(NC(=O)N2CCCCC2(C)C(=O)O)cc1. The Morgan fingerprint density at radius 1 is 1.25 bits per heavy atom. The Morgan fingerprint density at radius 2 is 1.90 bits per heavy atom. The first kappa shape index (κ1) is 14.4. The lowest BCUT2D eigenvalue weighted by Gasteiger charge is -2.41. The van der Waals surface area contributed by atoms with Crippen molar-refractivity contribution >= 4 is 17.7 Å². The molecular weight excluding hydrogens is 256 g/mol. The summed E-state index contributed by atoms with van der Waals surface area (Å²) in [7, 11) is 0. The van der Waals surface area contributed by atoms with Gasteiger partial charge in [0.15, 0.2) is 0 Å². The average molecular weight is 276 g/mol. The van der Waals surface area contributed by atoms with Crippen molar-refractivity contribution in [3.8, 4) is 0 Å². The predicted octanol–water partition coefficient (Wildman–Crippen LogP) is 2.86. The summed E-state index contributed by atoms with van der Waals surface area (Å²) in [5.74, 6) is -0.948. The van der Waals surface area contributed by atoms with E-state index in [0.29, 0.717) is 18.7 Å². The third-order valence-corrected chi connectivity index (χ3v) is 3.90. The van der Waals surface area contributed by atoms with E-state index in [9.17, 15) is 14.7 Å². The smallest absolute Gasteiger partial charge is 0.329 e. The number of aryl methyl sites for hydroxylation is 1. The highest BCUT2D eigenvalue weighted by molar-refractivity contribution is 5.94. The number of hydrogen-bond acceptors (Lipinski definition) is 2. The van der Waals surface area contributed by atoms with Crippen LogP contribution < -0.4 is 5.32 Å². The van der Waals surface area contributed by atoms with E-state index in [-0.39, 0.29) is 6.03 Å². The van der Waals surface area contributed by atoms with Crippen molar-refractivity contribution in [3.63, 3.8) is 0 Å². The summed E-state index contributed by atoms with van der Waals surface area (Å²) in [4.78, 5) is 25.2. The molecule has 0 saturated carbocycles. The fourth-order valence-electron chi connectivity index (χ4n) is 2.50. The topological polar surface area (TPSA) is 69.6 Å². The molecule has 1 fully saturated rings. The quantitative estimate of drug-likeness (QED) is 0.872. The molecule has 0 spiro atoms. The van der Waals surface area contributed by atoms with Crippen LogP contribution in [-0.4, -0.2) is 34.1 Å². The molecule has 2 amide bonds. The molecule has 0 aliphatic carbocycles. The lowest BCUT2D eigenvalue weighted by atomic mass is 9.89. The molecule has 1 heterocycles. The molecule has 1 unspecified atom stereocenters. The number of carbonyl (C=O) groups excluding carboxylic acids is 1. The van der Waals surface area contributed by atoms with E-state index >= 15 is 0 Å². The maximum Gasteiger partial charge on any atom is 0.329 e. The van der Waals surface area contributed by atoms with E-state index in [0.717, 1.165) is 18.4 Å². The number of urea groups is 1. The monoisotopic (exact) mass is 276 g/mol. The number of likely N-dealkylation sites (tertiary alicyclic amines) is 1. The van der Waals surface area contributed by atoms with Gasteiger partial charge in [-0.05, 0) is 45.2 Å². The van der Waals surface area contributed by atoms with Gasteiger partial charge in [0.1, 0.15) is 5.54 Å². The number of rotatable bonds is 2. The molecule has 2 rings (SSSR count). The lowest BCUT2D eigenvalue weighted by Crippen LogP contribution is -2.58. The zero-order valence-electron chi connectivity index (χ0n) is 11.8. The van der Waals surface area contributed by atoms with Crippen LogP contribution in [0.2, 0.25) is 0 Å². The average Bonchev–Trinajstić information content (AvgIpc) is 2.41. The minimum Gasteiger partial charge on any atom is -0.480 e. The highest BCUT2D eigenvalue weighted by atomic mass is 16.4. The molecule has 1 aliphatic rings. The highest BCUT2D eigenvalue weighted by Gasteiger charge is 2.43. The summed E-state index contributed by atoms with van der Waals surface area (Å²) >= 11 is 0. The molecule has 1 aromatic rings. The Balaban J connectivity index is 2.14. The van der Waals surface area contributed by atoms with Gasteiger partial charge >= 0.3 is 12.0 Å². The number of amides is 2. The maximum absolute atomic E-state index is 12.3. The molecule has 2 N–H and O–H groups in total. The normalized spacial score (nSPS) is 22.4. The van der Waals surface area contributed by atoms with Gasteiger partial charge in [-0.25, -0.2) is 9.59 Å². The first-order chi connectivity index (χ1) is 9.43. The van der Waals surface area contributed by atoms with Crippen molar-refractivity contribution in [2.45, 2.75) is 38.6 Å². The first-order valence-corrected chi connectivity index (χ1v) is 6.82. The van der Waals surface area contributed by atoms with E-state index in [1.807, 2.05) is 31.2 Å². The van der Waals surface area contributed by atoms with Crippen LogP contribution >= 0.6 is 0 Å². The second-order valence-corrected chi connectivity index (χ2v) is 5.48. The molecule has 0 aromatic heterocycles. The zero-order valence-corrected chi connectivity index (χ0v) is 11.8. The number of carbonyl (C=O) groups is 2. The maximum atomic E-state index is 12.3. The molecule has 108 valence electrons. The lowest BCUT2D eigenvalue weighted by molar-refractivity contribution is -0.150. The van der Waals surface area contributed by atoms with E-state index in [1.54, 1.807) is 6.92 Å². The molecule has 1 atom stereocenters. The first-order valence-electron chi connectivity index (χ1n) is 6.82. The van der Waals surface area contributed by atoms with Crippen molar-refractivity contribution in [2.75, 3.05) is 11.9 Å². The van der Waals surface area contributed by atoms with Gasteiger partial charge in [0.25, 0.3) is 0 Å². The fourth-order valence-corrected chi connectivity index (χ4v) is 2.50. The number of nitrogens with one attached hydrogen (secondary N) is 1. The number of carboxylic acid groups (broad SMARTS) is 1. The number of carboxylic acids is 1. The van der Waals surface area contributed by atoms with Gasteiger partial charge in [-0.15, -0.1) is 0 Å². The van der Waals surface area contributed by atoms with Gasteiger partial charge in [-0.1, -0.05) is 17.7 Å². The number of anilines is 1. The van der Waals surface area contributed by atoms with Gasteiger partial charge in [0.05, 0.1) is 0 Å². The van der Waals surface area contributed by atoms with Crippen LogP contribution in [0.15, 0.2) is 24.3 Å². The van der Waals surface area contributed by atoms with Crippen LogP contribution in [0.3, 0.4) is 0 Å². The second kappa shape index (κ2) is 5.53. The van der Waals surface area contributed by atoms with E-state index in [1.165, 1.54) is 4.90 Å². The molecule has 5 heteroatoms. The number of hydrogen-bond donors (Lipinski definition) is 2. The number of benzene rings is 1. The van der Waals surface area contributed by atoms with Crippen molar-refractivity contribution in [1.82, 2.24) is 4.90 Å². The molecule has 5 nitrogen and oxygen atoms in total. The third-order valence-electron chi connectivity index (χ3n) is 3.90. The van der Waals surface area contributed by atoms with E-state index in [4.69, 9.17) is 0 Å². The van der Waals surface area contributed by atoms with Gasteiger partial charge in [-0.2, -0.15) is 0 Å². The minimum absolute atomic E-state index is 0.349. The summed E-state index contributed by atoms with van der Waals surface area (Å²) in [5, 5.41) is 12.2. The Hall–Kier alpha value is -2.04. The van der Waals surface area contributed by atoms with Crippen LogP contribution in [0.1, 0.15) is 31.7 Å². The second-order valence-electron chi connectivity index (χ2n) is 5.48. The van der Waals surface area contributed by atoms with Crippen LogP contribution in [0.25, 0.3) is 0 Å². The van der Waals surface area contributed by atoms with Gasteiger partial charge in [-0.3, -0.25) is 0 Å².